The van der Waals surface area contributed by atoms with Gasteiger partial charge in [0, 0.05) is 23.2 Å². The smallest absolute Gasteiger partial charge is 0.241 e. The van der Waals surface area contributed by atoms with E-state index in [1.165, 1.54) is 18.5 Å². The number of anilines is 2. The van der Waals surface area contributed by atoms with Crippen LogP contribution in [0.4, 0.5) is 11.4 Å². The molecule has 1 atom stereocenters. The first-order valence-electron chi connectivity index (χ1n) is 10.5. The van der Waals surface area contributed by atoms with Gasteiger partial charge in [-0.05, 0) is 67.6 Å². The van der Waals surface area contributed by atoms with Crippen LogP contribution in [0, 0.1) is 5.92 Å². The molecule has 0 bridgehead atoms. The number of carbonyl (C=O) groups excluding carboxylic acids is 1. The van der Waals surface area contributed by atoms with Crippen molar-refractivity contribution in [2.45, 2.75) is 32.7 Å². The lowest BCUT2D eigenvalue weighted by Gasteiger charge is -2.32. The fraction of sp³-hybridized carbons (Fsp3) is 0.435. The summed E-state index contributed by atoms with van der Waals surface area (Å²) in [7, 11) is -3.60. The summed E-state index contributed by atoms with van der Waals surface area (Å²) in [5.41, 5.74) is 2.64. The summed E-state index contributed by atoms with van der Waals surface area (Å²) in [5.74, 6) is 0.435. The van der Waals surface area contributed by atoms with E-state index in [1.54, 1.807) is 24.3 Å². The highest BCUT2D eigenvalue weighted by atomic mass is 79.9. The van der Waals surface area contributed by atoms with Crippen LogP contribution in [0.2, 0.25) is 0 Å². The summed E-state index contributed by atoms with van der Waals surface area (Å²) in [6.45, 7) is 6.08. The molecule has 1 aliphatic rings. The number of halogens is 1. The van der Waals surface area contributed by atoms with Crippen molar-refractivity contribution in [2.75, 3.05) is 35.1 Å². The Balaban J connectivity index is 1.63. The minimum Gasteiger partial charge on any atom is -0.372 e. The summed E-state index contributed by atoms with van der Waals surface area (Å²) in [6.07, 6.45) is 3.53. The second-order valence-corrected chi connectivity index (χ2v) is 11.1. The quantitative estimate of drug-likeness (QED) is 0.605. The van der Waals surface area contributed by atoms with Crippen LogP contribution in [0.3, 0.4) is 0 Å². The average Bonchev–Trinajstić information content (AvgIpc) is 2.73. The Hall–Kier alpha value is -2.06. The lowest BCUT2D eigenvalue weighted by atomic mass is 9.98. The van der Waals surface area contributed by atoms with Gasteiger partial charge in [-0.15, -0.1) is 0 Å². The molecular weight excluding hydrogens is 478 g/mol. The van der Waals surface area contributed by atoms with Gasteiger partial charge in [-0.25, -0.2) is 8.42 Å². The van der Waals surface area contributed by atoms with E-state index in [9.17, 15) is 13.2 Å². The van der Waals surface area contributed by atoms with Gasteiger partial charge in [0.25, 0.3) is 0 Å². The van der Waals surface area contributed by atoms with Crippen LogP contribution in [0.5, 0.6) is 0 Å². The van der Waals surface area contributed by atoms with Gasteiger partial charge in [0.05, 0.1) is 18.0 Å². The standard InChI is InChI=1S/C23H30BrN3O3S/c1-17-12-14-26(15-13-17)21-8-4-19(5-9-21)18(2)25-23(28)16-27(31(3,29)30)22-10-6-20(24)7-11-22/h4-11,17-18H,12-16H2,1-3H3,(H,25,28). The lowest BCUT2D eigenvalue weighted by Crippen LogP contribution is -2.41. The third-order valence-electron chi connectivity index (χ3n) is 5.72. The number of amides is 1. The van der Waals surface area contributed by atoms with Crippen molar-refractivity contribution in [3.8, 4) is 0 Å². The fourth-order valence-corrected chi connectivity index (χ4v) is 4.87. The maximum atomic E-state index is 12.6. The van der Waals surface area contributed by atoms with Crippen LogP contribution >= 0.6 is 15.9 Å². The third kappa shape index (κ3) is 6.46. The molecule has 0 radical (unpaired) electrons. The number of rotatable bonds is 7. The Kier molecular flexibility index (Phi) is 7.64. The van der Waals surface area contributed by atoms with Gasteiger partial charge in [-0.2, -0.15) is 0 Å². The van der Waals surface area contributed by atoms with Crippen molar-refractivity contribution >= 4 is 43.2 Å². The van der Waals surface area contributed by atoms with E-state index < -0.39 is 10.0 Å². The molecule has 2 aromatic rings. The maximum absolute atomic E-state index is 12.6. The number of nitrogens with one attached hydrogen (secondary N) is 1. The first-order chi connectivity index (χ1) is 14.6. The minimum atomic E-state index is -3.60. The molecule has 0 spiro atoms. The summed E-state index contributed by atoms with van der Waals surface area (Å²) < 4.78 is 26.4. The Morgan fingerprint density at radius 2 is 1.71 bits per heavy atom. The Labute approximate surface area is 193 Å². The normalized spacial score (nSPS) is 16.1. The van der Waals surface area contributed by atoms with Crippen molar-refractivity contribution in [3.63, 3.8) is 0 Å². The van der Waals surface area contributed by atoms with Crippen molar-refractivity contribution in [1.29, 1.82) is 0 Å². The second-order valence-electron chi connectivity index (χ2n) is 8.30. The maximum Gasteiger partial charge on any atom is 0.241 e. The number of carbonyl (C=O) groups is 1. The lowest BCUT2D eigenvalue weighted by molar-refractivity contribution is -0.120. The summed E-state index contributed by atoms with van der Waals surface area (Å²) in [5, 5.41) is 2.92. The Morgan fingerprint density at radius 1 is 1.13 bits per heavy atom. The number of nitrogens with zero attached hydrogens (tertiary/aromatic N) is 2. The van der Waals surface area contributed by atoms with Crippen LogP contribution in [-0.2, 0) is 14.8 Å². The van der Waals surface area contributed by atoms with E-state index >= 15 is 0 Å². The van der Waals surface area contributed by atoms with E-state index in [-0.39, 0.29) is 18.5 Å². The van der Waals surface area contributed by atoms with Gasteiger partial charge < -0.3 is 10.2 Å². The number of benzene rings is 2. The molecule has 6 nitrogen and oxygen atoms in total. The molecular formula is C23H30BrN3O3S. The first-order valence-corrected chi connectivity index (χ1v) is 13.1. The Bertz CT molecular complexity index is 986. The second kappa shape index (κ2) is 10.0. The fourth-order valence-electron chi connectivity index (χ4n) is 3.75. The molecule has 1 N–H and O–H groups in total. The van der Waals surface area contributed by atoms with Gasteiger partial charge in [0.2, 0.25) is 15.9 Å². The SMILES string of the molecule is CC1CCN(c2ccc(C(C)NC(=O)CN(c3ccc(Br)cc3)S(C)(=O)=O)cc2)CC1. The van der Waals surface area contributed by atoms with Gasteiger partial charge >= 0.3 is 0 Å². The molecule has 1 fully saturated rings. The number of hydrogen-bond donors (Lipinski definition) is 1. The molecule has 0 aromatic heterocycles. The van der Waals surface area contributed by atoms with E-state index in [1.807, 2.05) is 19.1 Å². The van der Waals surface area contributed by atoms with Crippen LogP contribution in [0.25, 0.3) is 0 Å². The molecule has 3 rings (SSSR count). The third-order valence-corrected chi connectivity index (χ3v) is 7.39. The topological polar surface area (TPSA) is 69.7 Å². The molecule has 1 amide bonds. The van der Waals surface area contributed by atoms with Gasteiger partial charge in [0.1, 0.15) is 6.54 Å². The Morgan fingerprint density at radius 3 is 2.26 bits per heavy atom. The van der Waals surface area contributed by atoms with E-state index in [2.05, 4.69) is 45.2 Å². The minimum absolute atomic E-state index is 0.228. The summed E-state index contributed by atoms with van der Waals surface area (Å²) in [4.78, 5) is 15.0. The molecule has 1 heterocycles. The molecule has 8 heteroatoms. The molecule has 2 aromatic carbocycles. The number of hydrogen-bond acceptors (Lipinski definition) is 4. The zero-order chi connectivity index (χ0) is 22.6. The highest BCUT2D eigenvalue weighted by Crippen LogP contribution is 2.25. The summed E-state index contributed by atoms with van der Waals surface area (Å²) >= 11 is 3.34. The van der Waals surface area contributed by atoms with Crippen LogP contribution in [0.15, 0.2) is 53.0 Å². The molecule has 1 unspecified atom stereocenters. The predicted octanol–water partition coefficient (Wildman–Crippen LogP) is 4.33. The molecule has 0 saturated carbocycles. The molecule has 1 saturated heterocycles. The van der Waals surface area contributed by atoms with E-state index in [0.717, 1.165) is 39.6 Å². The van der Waals surface area contributed by atoms with Gasteiger partial charge in [-0.1, -0.05) is 35.0 Å². The highest BCUT2D eigenvalue weighted by molar-refractivity contribution is 9.10. The average molecular weight is 508 g/mol. The van der Waals surface area contributed by atoms with Crippen LogP contribution in [-0.4, -0.2) is 40.2 Å². The first kappa shape index (κ1) is 23.6. The largest absolute Gasteiger partial charge is 0.372 e. The molecule has 168 valence electrons. The van der Waals surface area contributed by atoms with E-state index in [0.29, 0.717) is 5.69 Å². The summed E-state index contributed by atoms with van der Waals surface area (Å²) in [6, 6.07) is 14.9. The molecule has 0 aliphatic carbocycles. The van der Waals surface area contributed by atoms with Gasteiger partial charge in [-0.3, -0.25) is 9.10 Å². The van der Waals surface area contributed by atoms with Crippen molar-refractivity contribution < 1.29 is 13.2 Å². The highest BCUT2D eigenvalue weighted by Gasteiger charge is 2.22. The monoisotopic (exact) mass is 507 g/mol. The van der Waals surface area contributed by atoms with Gasteiger partial charge in [0.15, 0.2) is 0 Å². The van der Waals surface area contributed by atoms with Crippen molar-refractivity contribution in [2.24, 2.45) is 5.92 Å². The number of sulfonamides is 1. The number of piperidine rings is 1. The zero-order valence-electron chi connectivity index (χ0n) is 18.2. The molecule has 1 aliphatic heterocycles. The predicted molar refractivity (Wildman–Crippen MR) is 130 cm³/mol. The molecule has 31 heavy (non-hydrogen) atoms. The van der Waals surface area contributed by atoms with Crippen LogP contribution in [0.1, 0.15) is 38.3 Å². The van der Waals surface area contributed by atoms with Crippen molar-refractivity contribution in [3.05, 3.63) is 58.6 Å². The van der Waals surface area contributed by atoms with Crippen molar-refractivity contribution in [1.82, 2.24) is 5.32 Å². The van der Waals surface area contributed by atoms with Crippen LogP contribution < -0.4 is 14.5 Å². The zero-order valence-corrected chi connectivity index (χ0v) is 20.6. The van der Waals surface area contributed by atoms with E-state index in [4.69, 9.17) is 0 Å².